The molecule has 45 heavy (non-hydrogen) atoms. The van der Waals surface area contributed by atoms with Crippen LogP contribution in [0.3, 0.4) is 0 Å². The summed E-state index contributed by atoms with van der Waals surface area (Å²) in [6.07, 6.45) is 2.57. The summed E-state index contributed by atoms with van der Waals surface area (Å²) < 4.78 is 14.0. The molecule has 4 aromatic carbocycles. The Morgan fingerprint density at radius 2 is 1.51 bits per heavy atom. The number of para-hydroxylation sites is 2. The molecular formula is C35H37Cl2FN2O5. The number of nitrogens with one attached hydrogen (secondary N) is 1. The Bertz CT molecular complexity index is 1530. The number of aliphatic hydroxyl groups excluding tert-OH is 1. The van der Waals surface area contributed by atoms with Gasteiger partial charge in [0.15, 0.2) is 0 Å². The second-order valence-electron chi connectivity index (χ2n) is 10.4. The van der Waals surface area contributed by atoms with Crippen LogP contribution in [0.4, 0.5) is 15.8 Å². The van der Waals surface area contributed by atoms with Gasteiger partial charge in [-0.15, -0.1) is 0 Å². The van der Waals surface area contributed by atoms with E-state index in [0.717, 1.165) is 12.1 Å². The van der Waals surface area contributed by atoms with Crippen molar-refractivity contribution in [3.63, 3.8) is 0 Å². The van der Waals surface area contributed by atoms with E-state index in [9.17, 15) is 14.0 Å². The largest absolute Gasteiger partial charge is 0.481 e. The molecule has 0 radical (unpaired) electrons. The van der Waals surface area contributed by atoms with Crippen LogP contribution in [-0.4, -0.2) is 58.4 Å². The van der Waals surface area contributed by atoms with Gasteiger partial charge >= 0.3 is 11.9 Å². The van der Waals surface area contributed by atoms with Crippen molar-refractivity contribution in [1.29, 1.82) is 0 Å². The van der Waals surface area contributed by atoms with Crippen molar-refractivity contribution in [2.45, 2.75) is 32.1 Å². The second kappa shape index (κ2) is 18.1. The fraction of sp³-hybridized carbons (Fsp3) is 0.257. The molecule has 1 aliphatic rings. The Labute approximate surface area is 272 Å². The molecule has 4 N–H and O–H groups in total. The minimum absolute atomic E-state index is 0.0642. The van der Waals surface area contributed by atoms with Gasteiger partial charge in [-0.2, -0.15) is 0 Å². The van der Waals surface area contributed by atoms with Crippen LogP contribution in [0.1, 0.15) is 36.8 Å². The maximum absolute atomic E-state index is 14.0. The summed E-state index contributed by atoms with van der Waals surface area (Å²) in [5, 5.41) is 30.3. The molecule has 7 nitrogen and oxygen atoms in total. The number of benzene rings is 4. The third kappa shape index (κ3) is 11.2. The average molecular weight is 656 g/mol. The van der Waals surface area contributed by atoms with Gasteiger partial charge in [-0.05, 0) is 73.8 Å². The molecule has 1 aliphatic heterocycles. The summed E-state index contributed by atoms with van der Waals surface area (Å²) in [7, 11) is 0. The molecule has 1 saturated heterocycles. The van der Waals surface area contributed by atoms with Gasteiger partial charge in [0.1, 0.15) is 5.82 Å². The average Bonchev–Trinajstić information content (AvgIpc) is 3.54. The quantitative estimate of drug-likeness (QED) is 0.144. The standard InChI is InChI=1S/C15H13FO2.C14H11Cl2NO2.C6H13NO/c1-10(15(17)18)12-7-8-13(14(16)9-12)11-5-3-2-4-6-11;15-10-5-3-6-11(16)14(10)17-12-7-2-1-4-9(12)8-13(18)19;8-6-5-7-3-1-2-4-7/h2-10H,1H3,(H,17,18);1-7,17H,8H2,(H,18,19);8H,1-6H2. The lowest BCUT2D eigenvalue weighted by Gasteiger charge is -2.13. The molecule has 5 rings (SSSR count). The minimum atomic E-state index is -0.957. The van der Waals surface area contributed by atoms with E-state index in [1.165, 1.54) is 32.0 Å². The number of likely N-dealkylation sites (tertiary alicyclic amines) is 1. The summed E-state index contributed by atoms with van der Waals surface area (Å²) in [5.41, 5.74) is 3.66. The van der Waals surface area contributed by atoms with Crippen LogP contribution in [-0.2, 0) is 16.0 Å². The van der Waals surface area contributed by atoms with Crippen LogP contribution < -0.4 is 5.32 Å². The zero-order chi connectivity index (χ0) is 32.8. The van der Waals surface area contributed by atoms with E-state index in [1.54, 1.807) is 55.5 Å². The van der Waals surface area contributed by atoms with E-state index < -0.39 is 23.7 Å². The highest BCUT2D eigenvalue weighted by molar-refractivity contribution is 6.39. The van der Waals surface area contributed by atoms with Gasteiger partial charge in [0, 0.05) is 17.8 Å². The SMILES string of the molecule is CC(C(=O)O)c1ccc(-c2ccccc2)c(F)c1.O=C(O)Cc1ccccc1Nc1c(Cl)cccc1Cl.OCCN1CCCC1. The summed E-state index contributed by atoms with van der Waals surface area (Å²) in [4.78, 5) is 24.0. The van der Waals surface area contributed by atoms with Crippen LogP contribution in [0.5, 0.6) is 0 Å². The van der Waals surface area contributed by atoms with E-state index in [0.29, 0.717) is 44.7 Å². The van der Waals surface area contributed by atoms with Gasteiger partial charge in [-0.1, -0.05) is 89.9 Å². The fourth-order valence-corrected chi connectivity index (χ4v) is 5.15. The fourth-order valence-electron chi connectivity index (χ4n) is 4.65. The highest BCUT2D eigenvalue weighted by atomic mass is 35.5. The number of carbonyl (C=O) groups is 2. The molecule has 0 aromatic heterocycles. The van der Waals surface area contributed by atoms with Crippen LogP contribution in [0.2, 0.25) is 10.0 Å². The van der Waals surface area contributed by atoms with Gasteiger partial charge in [-0.25, -0.2) is 4.39 Å². The number of anilines is 2. The number of nitrogens with zero attached hydrogens (tertiary/aromatic N) is 1. The van der Waals surface area contributed by atoms with Crippen molar-refractivity contribution in [2.24, 2.45) is 0 Å². The first kappa shape index (κ1) is 35.5. The Kier molecular flexibility index (Phi) is 14.3. The zero-order valence-electron chi connectivity index (χ0n) is 24.9. The molecule has 0 aliphatic carbocycles. The first-order valence-electron chi connectivity index (χ1n) is 14.5. The number of aliphatic carboxylic acids is 2. The van der Waals surface area contributed by atoms with Crippen LogP contribution in [0.25, 0.3) is 11.1 Å². The Morgan fingerprint density at radius 1 is 0.889 bits per heavy atom. The maximum atomic E-state index is 14.0. The first-order chi connectivity index (χ1) is 21.6. The predicted molar refractivity (Wildman–Crippen MR) is 178 cm³/mol. The third-order valence-corrected chi connectivity index (χ3v) is 7.77. The normalized spacial score (nSPS) is 13.1. The monoisotopic (exact) mass is 654 g/mol. The highest BCUT2D eigenvalue weighted by Crippen LogP contribution is 2.33. The predicted octanol–water partition coefficient (Wildman–Crippen LogP) is 8.12. The molecule has 1 fully saturated rings. The van der Waals surface area contributed by atoms with Crippen molar-refractivity contribution in [2.75, 3.05) is 31.6 Å². The number of rotatable bonds is 9. The molecule has 0 bridgehead atoms. The lowest BCUT2D eigenvalue weighted by atomic mass is 9.97. The molecule has 238 valence electrons. The zero-order valence-corrected chi connectivity index (χ0v) is 26.4. The van der Waals surface area contributed by atoms with Crippen molar-refractivity contribution in [1.82, 2.24) is 4.90 Å². The summed E-state index contributed by atoms with van der Waals surface area (Å²) in [6.45, 7) is 5.13. The Hall–Kier alpha value is -3.95. The number of carboxylic acids is 2. The van der Waals surface area contributed by atoms with E-state index >= 15 is 0 Å². The van der Waals surface area contributed by atoms with Gasteiger partial charge in [-0.3, -0.25) is 9.59 Å². The smallest absolute Gasteiger partial charge is 0.310 e. The molecule has 0 saturated carbocycles. The molecular weight excluding hydrogens is 618 g/mol. The second-order valence-corrected chi connectivity index (χ2v) is 11.2. The molecule has 1 heterocycles. The first-order valence-corrected chi connectivity index (χ1v) is 15.3. The lowest BCUT2D eigenvalue weighted by molar-refractivity contribution is -0.138. The van der Waals surface area contributed by atoms with Crippen LogP contribution in [0.15, 0.2) is 91.0 Å². The molecule has 4 aromatic rings. The van der Waals surface area contributed by atoms with E-state index in [2.05, 4.69) is 10.2 Å². The Morgan fingerprint density at radius 3 is 2.09 bits per heavy atom. The van der Waals surface area contributed by atoms with E-state index in [-0.39, 0.29) is 6.42 Å². The van der Waals surface area contributed by atoms with Crippen molar-refractivity contribution < 1.29 is 29.3 Å². The number of β-amino-alcohol motifs (C(OH)–C–C–N with tert-alkyl or cyclic N) is 1. The Balaban J connectivity index is 0.000000198. The van der Waals surface area contributed by atoms with Gasteiger partial charge in [0.2, 0.25) is 0 Å². The topological polar surface area (TPSA) is 110 Å². The van der Waals surface area contributed by atoms with E-state index in [4.69, 9.17) is 38.5 Å². The van der Waals surface area contributed by atoms with E-state index in [1.807, 2.05) is 36.4 Å². The number of aliphatic hydroxyl groups is 1. The summed E-state index contributed by atoms with van der Waals surface area (Å²) in [6, 6.07) is 26.1. The maximum Gasteiger partial charge on any atom is 0.310 e. The third-order valence-electron chi connectivity index (χ3n) is 7.14. The molecule has 0 spiro atoms. The summed E-state index contributed by atoms with van der Waals surface area (Å²) in [5.74, 6) is -2.95. The molecule has 0 amide bonds. The summed E-state index contributed by atoms with van der Waals surface area (Å²) >= 11 is 12.1. The van der Waals surface area contributed by atoms with Crippen molar-refractivity contribution in [3.8, 4) is 11.1 Å². The molecule has 1 unspecified atom stereocenters. The van der Waals surface area contributed by atoms with Gasteiger partial charge < -0.3 is 25.5 Å². The highest BCUT2D eigenvalue weighted by Gasteiger charge is 2.16. The number of hydrogen-bond acceptors (Lipinski definition) is 5. The molecule has 1 atom stereocenters. The number of halogens is 3. The van der Waals surface area contributed by atoms with Gasteiger partial charge in [0.05, 0.1) is 34.7 Å². The van der Waals surface area contributed by atoms with Crippen molar-refractivity contribution >= 4 is 46.5 Å². The van der Waals surface area contributed by atoms with Gasteiger partial charge in [0.25, 0.3) is 0 Å². The lowest BCUT2D eigenvalue weighted by Crippen LogP contribution is -2.22. The number of carboxylic acid groups (broad SMARTS) is 2. The minimum Gasteiger partial charge on any atom is -0.481 e. The molecule has 10 heteroatoms. The van der Waals surface area contributed by atoms with Crippen LogP contribution >= 0.6 is 23.2 Å². The number of hydrogen-bond donors (Lipinski definition) is 4. The van der Waals surface area contributed by atoms with Crippen LogP contribution in [0, 0.1) is 5.82 Å². The van der Waals surface area contributed by atoms with Crippen molar-refractivity contribution in [3.05, 3.63) is 118 Å².